The zero-order valence-electron chi connectivity index (χ0n) is 20.2. The van der Waals surface area contributed by atoms with Crippen LogP contribution in [0.4, 0.5) is 5.69 Å². The van der Waals surface area contributed by atoms with Gasteiger partial charge in [-0.25, -0.2) is 5.43 Å². The summed E-state index contributed by atoms with van der Waals surface area (Å²) in [5.41, 5.74) is 4.81. The van der Waals surface area contributed by atoms with Crippen LogP contribution in [0, 0.1) is 5.92 Å². The van der Waals surface area contributed by atoms with Gasteiger partial charge in [0.25, 0.3) is 0 Å². The molecule has 1 N–H and O–H groups in total. The molecule has 0 saturated carbocycles. The highest BCUT2D eigenvalue weighted by atomic mass is 35.5. The van der Waals surface area contributed by atoms with Crippen molar-refractivity contribution < 1.29 is 23.8 Å². The molecule has 2 amide bonds. The molecular weight excluding hydrogens is 517 g/mol. The number of nitrogens with one attached hydrogen (secondary N) is 1. The third-order valence-corrected chi connectivity index (χ3v) is 6.57. The van der Waals surface area contributed by atoms with Crippen molar-refractivity contribution in [1.82, 2.24) is 5.43 Å². The first-order chi connectivity index (χ1) is 17.9. The second-order valence-corrected chi connectivity index (χ2v) is 9.10. The van der Waals surface area contributed by atoms with E-state index >= 15 is 0 Å². The fourth-order valence-electron chi connectivity index (χ4n) is 3.83. The van der Waals surface area contributed by atoms with Crippen LogP contribution in [0.5, 0.6) is 17.2 Å². The Hall–Kier alpha value is -3.75. The molecule has 1 fully saturated rings. The number of anilines is 1. The number of carbonyl (C=O) groups is 2. The molecule has 8 nitrogen and oxygen atoms in total. The second-order valence-electron chi connectivity index (χ2n) is 8.29. The molecule has 192 valence electrons. The average molecular weight is 542 g/mol. The minimum atomic E-state index is -0.501. The van der Waals surface area contributed by atoms with E-state index in [-0.39, 0.29) is 31.4 Å². The Kier molecular flexibility index (Phi) is 8.53. The molecule has 1 aliphatic heterocycles. The molecule has 0 aliphatic carbocycles. The maximum atomic E-state index is 12.6. The molecule has 0 radical (unpaired) electrons. The summed E-state index contributed by atoms with van der Waals surface area (Å²) in [6, 6.07) is 17.7. The smallest absolute Gasteiger partial charge is 0.245 e. The van der Waals surface area contributed by atoms with Gasteiger partial charge in [-0.15, -0.1) is 0 Å². The van der Waals surface area contributed by atoms with E-state index in [1.54, 1.807) is 66.6 Å². The molecule has 4 rings (SSSR count). The molecule has 10 heteroatoms. The van der Waals surface area contributed by atoms with Gasteiger partial charge in [0.2, 0.25) is 11.8 Å². The Morgan fingerprint density at radius 1 is 1.03 bits per heavy atom. The van der Waals surface area contributed by atoms with Crippen LogP contribution in [0.1, 0.15) is 17.5 Å². The summed E-state index contributed by atoms with van der Waals surface area (Å²) < 4.78 is 16.4. The molecule has 37 heavy (non-hydrogen) atoms. The van der Waals surface area contributed by atoms with E-state index in [0.29, 0.717) is 32.9 Å². The van der Waals surface area contributed by atoms with Gasteiger partial charge >= 0.3 is 0 Å². The number of amides is 2. The van der Waals surface area contributed by atoms with Crippen molar-refractivity contribution in [3.63, 3.8) is 0 Å². The number of hydrogen-bond donors (Lipinski definition) is 1. The van der Waals surface area contributed by atoms with Gasteiger partial charge in [0.1, 0.15) is 12.4 Å². The van der Waals surface area contributed by atoms with Crippen LogP contribution in [0.3, 0.4) is 0 Å². The van der Waals surface area contributed by atoms with Gasteiger partial charge in [-0.05, 0) is 65.7 Å². The summed E-state index contributed by atoms with van der Waals surface area (Å²) in [6.07, 6.45) is 1.62. The number of carbonyl (C=O) groups excluding carboxylic acids is 2. The Morgan fingerprint density at radius 3 is 2.51 bits per heavy atom. The zero-order chi connectivity index (χ0) is 26.4. The van der Waals surface area contributed by atoms with E-state index in [9.17, 15) is 9.59 Å². The maximum absolute atomic E-state index is 12.6. The van der Waals surface area contributed by atoms with Crippen molar-refractivity contribution in [2.75, 3.05) is 25.7 Å². The van der Waals surface area contributed by atoms with Crippen LogP contribution < -0.4 is 24.5 Å². The molecule has 1 atom stereocenters. The van der Waals surface area contributed by atoms with Crippen molar-refractivity contribution in [3.05, 3.63) is 81.8 Å². The Labute approximate surface area is 224 Å². The van der Waals surface area contributed by atoms with E-state index in [2.05, 4.69) is 10.5 Å². The van der Waals surface area contributed by atoms with E-state index < -0.39 is 5.92 Å². The van der Waals surface area contributed by atoms with Crippen LogP contribution in [0.25, 0.3) is 0 Å². The number of benzene rings is 3. The van der Waals surface area contributed by atoms with Crippen molar-refractivity contribution in [1.29, 1.82) is 0 Å². The number of methoxy groups -OCH3 is 2. The third-order valence-electron chi connectivity index (χ3n) is 5.83. The maximum Gasteiger partial charge on any atom is 0.245 e. The lowest BCUT2D eigenvalue weighted by atomic mass is 10.1. The minimum Gasteiger partial charge on any atom is -0.497 e. The van der Waals surface area contributed by atoms with E-state index in [0.717, 1.165) is 11.3 Å². The normalized spacial score (nSPS) is 15.2. The average Bonchev–Trinajstić information content (AvgIpc) is 3.31. The standard InChI is InChI=1S/C27H25Cl2N3O5/c1-35-21-7-5-20(6-8-21)32-15-19(13-26(32)33)27(34)31-30-14-17-4-10-24(25(12-17)36-2)37-16-18-3-9-22(28)23(29)11-18/h3-12,14,19H,13,15-16H2,1-2H3,(H,31,34)/b30-14+/t19-/m1/s1. The van der Waals surface area contributed by atoms with Crippen LogP contribution in [-0.2, 0) is 16.2 Å². The lowest BCUT2D eigenvalue weighted by molar-refractivity contribution is -0.126. The van der Waals surface area contributed by atoms with Gasteiger partial charge in [-0.3, -0.25) is 9.59 Å². The summed E-state index contributed by atoms with van der Waals surface area (Å²) in [6.45, 7) is 0.565. The summed E-state index contributed by atoms with van der Waals surface area (Å²) in [5, 5.41) is 4.99. The van der Waals surface area contributed by atoms with Gasteiger partial charge < -0.3 is 19.1 Å². The predicted molar refractivity (Wildman–Crippen MR) is 143 cm³/mol. The minimum absolute atomic E-state index is 0.115. The molecule has 3 aromatic rings. The SMILES string of the molecule is COc1ccc(N2C[C@H](C(=O)N/N=C/c3ccc(OCc4ccc(Cl)c(Cl)c4)c(OC)c3)CC2=O)cc1. The predicted octanol–water partition coefficient (Wildman–Crippen LogP) is 5.09. The highest BCUT2D eigenvalue weighted by Crippen LogP contribution is 2.30. The zero-order valence-corrected chi connectivity index (χ0v) is 21.8. The van der Waals surface area contributed by atoms with Crippen molar-refractivity contribution in [2.45, 2.75) is 13.0 Å². The summed E-state index contributed by atoms with van der Waals surface area (Å²) in [4.78, 5) is 26.7. The third kappa shape index (κ3) is 6.53. The molecule has 1 aliphatic rings. The molecule has 1 saturated heterocycles. The topological polar surface area (TPSA) is 89.5 Å². The molecular formula is C27H25Cl2N3O5. The number of hydrogen-bond acceptors (Lipinski definition) is 6. The van der Waals surface area contributed by atoms with Gasteiger partial charge in [-0.2, -0.15) is 5.10 Å². The van der Waals surface area contributed by atoms with Crippen LogP contribution in [-0.4, -0.2) is 38.8 Å². The van der Waals surface area contributed by atoms with Crippen molar-refractivity contribution in [2.24, 2.45) is 11.0 Å². The molecule has 0 unspecified atom stereocenters. The van der Waals surface area contributed by atoms with Crippen molar-refractivity contribution in [3.8, 4) is 17.2 Å². The van der Waals surface area contributed by atoms with Gasteiger partial charge in [0.05, 0.1) is 36.4 Å². The molecule has 1 heterocycles. The highest BCUT2D eigenvalue weighted by molar-refractivity contribution is 6.42. The second kappa shape index (κ2) is 12.0. The lowest BCUT2D eigenvalue weighted by Crippen LogP contribution is -2.30. The molecule has 0 spiro atoms. The number of ether oxygens (including phenoxy) is 3. The number of rotatable bonds is 9. The van der Waals surface area contributed by atoms with Gasteiger partial charge in [0.15, 0.2) is 11.5 Å². The Bertz CT molecular complexity index is 1310. The van der Waals surface area contributed by atoms with E-state index in [1.807, 2.05) is 6.07 Å². The van der Waals surface area contributed by atoms with E-state index in [4.69, 9.17) is 37.4 Å². The summed E-state index contributed by atoms with van der Waals surface area (Å²) >= 11 is 12.0. The van der Waals surface area contributed by atoms with Gasteiger partial charge in [0, 0.05) is 18.7 Å². The van der Waals surface area contributed by atoms with Gasteiger partial charge in [-0.1, -0.05) is 29.3 Å². The fourth-order valence-corrected chi connectivity index (χ4v) is 4.15. The van der Waals surface area contributed by atoms with E-state index in [1.165, 1.54) is 13.3 Å². The highest BCUT2D eigenvalue weighted by Gasteiger charge is 2.35. The van der Waals surface area contributed by atoms with Crippen molar-refractivity contribution >= 4 is 46.9 Å². The molecule has 3 aromatic carbocycles. The van der Waals surface area contributed by atoms with Crippen LogP contribution in [0.2, 0.25) is 10.0 Å². The Balaban J connectivity index is 1.33. The monoisotopic (exact) mass is 541 g/mol. The number of halogens is 2. The fraction of sp³-hybridized carbons (Fsp3) is 0.222. The van der Waals surface area contributed by atoms with Crippen LogP contribution in [0.15, 0.2) is 65.8 Å². The first-order valence-electron chi connectivity index (χ1n) is 11.4. The Morgan fingerprint density at radius 2 is 1.81 bits per heavy atom. The molecule has 0 aromatic heterocycles. The van der Waals surface area contributed by atoms with Crippen LogP contribution >= 0.6 is 23.2 Å². The summed E-state index contributed by atoms with van der Waals surface area (Å²) in [7, 11) is 3.12. The number of hydrazone groups is 1. The lowest BCUT2D eigenvalue weighted by Gasteiger charge is -2.16. The molecule has 0 bridgehead atoms. The quantitative estimate of drug-likeness (QED) is 0.301. The summed E-state index contributed by atoms with van der Waals surface area (Å²) in [5.74, 6) is 0.800. The first-order valence-corrected chi connectivity index (χ1v) is 12.2. The number of nitrogens with zero attached hydrogens (tertiary/aromatic N) is 2. The first kappa shape index (κ1) is 26.3. The largest absolute Gasteiger partial charge is 0.497 e.